The number of hydrogen-bond donors (Lipinski definition) is 1. The molecule has 0 saturated carbocycles. The maximum Gasteiger partial charge on any atom is 0.258 e. The Labute approximate surface area is 149 Å². The summed E-state index contributed by atoms with van der Waals surface area (Å²) in [7, 11) is 1.59. The molecule has 0 aromatic heterocycles. The van der Waals surface area contributed by atoms with Crippen molar-refractivity contribution in [1.29, 1.82) is 0 Å². The van der Waals surface area contributed by atoms with E-state index in [0.29, 0.717) is 31.9 Å². The summed E-state index contributed by atoms with van der Waals surface area (Å²) in [5.41, 5.74) is 2.34. The summed E-state index contributed by atoms with van der Waals surface area (Å²) in [6, 6.07) is 5.90. The van der Waals surface area contributed by atoms with E-state index >= 15 is 0 Å². The van der Waals surface area contributed by atoms with Crippen LogP contribution < -0.4 is 10.1 Å². The SMILES string of the molecule is COCCC(=O)N1CCC(NC(=O)COc2ccc(C)c(C)c2)CC1. The van der Waals surface area contributed by atoms with Crippen molar-refractivity contribution in [3.05, 3.63) is 29.3 Å². The van der Waals surface area contributed by atoms with Crippen LogP contribution in [0.3, 0.4) is 0 Å². The first-order chi connectivity index (χ1) is 12.0. The second-order valence-corrected chi connectivity index (χ2v) is 6.50. The summed E-state index contributed by atoms with van der Waals surface area (Å²) < 4.78 is 10.5. The van der Waals surface area contributed by atoms with Crippen molar-refractivity contribution >= 4 is 11.8 Å². The number of carbonyl (C=O) groups excluding carboxylic acids is 2. The molecule has 0 unspecified atom stereocenters. The zero-order chi connectivity index (χ0) is 18.2. The van der Waals surface area contributed by atoms with Gasteiger partial charge in [-0.25, -0.2) is 0 Å². The molecule has 6 heteroatoms. The lowest BCUT2D eigenvalue weighted by molar-refractivity contribution is -0.133. The number of aryl methyl sites for hydroxylation is 2. The number of benzene rings is 1. The number of carbonyl (C=O) groups is 2. The van der Waals surface area contributed by atoms with Crippen molar-refractivity contribution < 1.29 is 19.1 Å². The van der Waals surface area contributed by atoms with Gasteiger partial charge in [0.1, 0.15) is 5.75 Å². The van der Waals surface area contributed by atoms with Crippen LogP contribution in [0.1, 0.15) is 30.4 Å². The predicted octanol–water partition coefficient (Wildman–Crippen LogP) is 1.83. The number of nitrogens with zero attached hydrogens (tertiary/aromatic N) is 1. The Bertz CT molecular complexity index is 595. The highest BCUT2D eigenvalue weighted by atomic mass is 16.5. The van der Waals surface area contributed by atoms with Gasteiger partial charge in [0.05, 0.1) is 13.0 Å². The van der Waals surface area contributed by atoms with Crippen LogP contribution >= 0.6 is 0 Å². The fourth-order valence-electron chi connectivity index (χ4n) is 2.84. The minimum Gasteiger partial charge on any atom is -0.484 e. The summed E-state index contributed by atoms with van der Waals surface area (Å²) >= 11 is 0. The van der Waals surface area contributed by atoms with Gasteiger partial charge in [0, 0.05) is 26.2 Å². The van der Waals surface area contributed by atoms with Gasteiger partial charge in [-0.2, -0.15) is 0 Å². The summed E-state index contributed by atoms with van der Waals surface area (Å²) in [6.45, 7) is 5.86. The molecule has 138 valence electrons. The summed E-state index contributed by atoms with van der Waals surface area (Å²) in [5, 5.41) is 2.99. The van der Waals surface area contributed by atoms with Crippen molar-refractivity contribution in [3.8, 4) is 5.75 Å². The van der Waals surface area contributed by atoms with Crippen LogP contribution in [0.4, 0.5) is 0 Å². The molecule has 6 nitrogen and oxygen atoms in total. The topological polar surface area (TPSA) is 67.9 Å². The van der Waals surface area contributed by atoms with Crippen molar-refractivity contribution in [2.24, 2.45) is 0 Å². The number of nitrogens with one attached hydrogen (secondary N) is 1. The lowest BCUT2D eigenvalue weighted by Gasteiger charge is -2.32. The summed E-state index contributed by atoms with van der Waals surface area (Å²) in [5.74, 6) is 0.698. The minimum atomic E-state index is -0.123. The zero-order valence-corrected chi connectivity index (χ0v) is 15.3. The summed E-state index contributed by atoms with van der Waals surface area (Å²) in [6.07, 6.45) is 1.96. The van der Waals surface area contributed by atoms with Crippen molar-refractivity contribution in [1.82, 2.24) is 10.2 Å². The molecule has 1 heterocycles. The monoisotopic (exact) mass is 348 g/mol. The van der Waals surface area contributed by atoms with Gasteiger partial charge in [-0.15, -0.1) is 0 Å². The van der Waals surface area contributed by atoms with Gasteiger partial charge in [-0.3, -0.25) is 9.59 Å². The van der Waals surface area contributed by atoms with Crippen LogP contribution in [0.25, 0.3) is 0 Å². The third kappa shape index (κ3) is 6.05. The Balaban J connectivity index is 1.69. The number of methoxy groups -OCH3 is 1. The molecule has 0 atom stereocenters. The van der Waals surface area contributed by atoms with E-state index in [-0.39, 0.29) is 24.5 Å². The second-order valence-electron chi connectivity index (χ2n) is 6.50. The molecule has 1 aromatic carbocycles. The molecule has 0 radical (unpaired) electrons. The van der Waals surface area contributed by atoms with Crippen LogP contribution in [0.5, 0.6) is 5.75 Å². The average molecular weight is 348 g/mol. The van der Waals surface area contributed by atoms with Crippen LogP contribution in [0.15, 0.2) is 18.2 Å². The van der Waals surface area contributed by atoms with E-state index in [0.717, 1.165) is 18.4 Å². The van der Waals surface area contributed by atoms with Crippen LogP contribution in [-0.2, 0) is 14.3 Å². The molecule has 0 spiro atoms. The van der Waals surface area contributed by atoms with Crippen LogP contribution in [-0.4, -0.2) is 56.2 Å². The van der Waals surface area contributed by atoms with Gasteiger partial charge in [0.15, 0.2) is 6.61 Å². The highest BCUT2D eigenvalue weighted by Crippen LogP contribution is 2.16. The number of ether oxygens (including phenoxy) is 2. The van der Waals surface area contributed by atoms with Gasteiger partial charge < -0.3 is 19.7 Å². The lowest BCUT2D eigenvalue weighted by Crippen LogP contribution is -2.47. The lowest BCUT2D eigenvalue weighted by atomic mass is 10.0. The third-order valence-electron chi connectivity index (χ3n) is 4.58. The van der Waals surface area contributed by atoms with Crippen molar-refractivity contribution in [2.45, 2.75) is 39.2 Å². The molecule has 1 aliphatic rings. The predicted molar refractivity (Wildman–Crippen MR) is 95.6 cm³/mol. The largest absolute Gasteiger partial charge is 0.484 e. The van der Waals surface area contributed by atoms with E-state index in [1.807, 2.05) is 36.9 Å². The Morgan fingerprint density at radius 3 is 2.56 bits per heavy atom. The van der Waals surface area contributed by atoms with E-state index in [4.69, 9.17) is 9.47 Å². The van der Waals surface area contributed by atoms with Gasteiger partial charge in [0.2, 0.25) is 5.91 Å². The standard InChI is InChI=1S/C19H28N2O4/c1-14-4-5-17(12-15(14)2)25-13-18(22)20-16-6-9-21(10-7-16)19(23)8-11-24-3/h4-5,12,16H,6-11,13H2,1-3H3,(H,20,22). The van der Waals surface area contributed by atoms with Gasteiger partial charge >= 0.3 is 0 Å². The number of hydrogen-bond acceptors (Lipinski definition) is 4. The highest BCUT2D eigenvalue weighted by Gasteiger charge is 2.23. The third-order valence-corrected chi connectivity index (χ3v) is 4.58. The van der Waals surface area contributed by atoms with Crippen molar-refractivity contribution in [2.75, 3.05) is 33.4 Å². The molecule has 1 aromatic rings. The molecule has 1 fully saturated rings. The molecule has 1 N–H and O–H groups in total. The zero-order valence-electron chi connectivity index (χ0n) is 15.3. The molecular formula is C19H28N2O4. The van der Waals surface area contributed by atoms with E-state index < -0.39 is 0 Å². The van der Waals surface area contributed by atoms with E-state index in [9.17, 15) is 9.59 Å². The van der Waals surface area contributed by atoms with Crippen LogP contribution in [0, 0.1) is 13.8 Å². The first kappa shape index (κ1) is 19.2. The molecule has 1 aliphatic heterocycles. The first-order valence-electron chi connectivity index (χ1n) is 8.75. The Morgan fingerprint density at radius 1 is 1.20 bits per heavy atom. The van der Waals surface area contributed by atoms with Gasteiger partial charge in [-0.1, -0.05) is 6.07 Å². The summed E-state index contributed by atoms with van der Waals surface area (Å²) in [4.78, 5) is 25.8. The quantitative estimate of drug-likeness (QED) is 0.816. The average Bonchev–Trinajstić information content (AvgIpc) is 2.61. The Kier molecular flexibility index (Phi) is 7.25. The van der Waals surface area contributed by atoms with Gasteiger partial charge in [-0.05, 0) is 49.9 Å². The molecule has 2 rings (SSSR count). The fourth-order valence-corrected chi connectivity index (χ4v) is 2.84. The van der Waals surface area contributed by atoms with Gasteiger partial charge in [0.25, 0.3) is 5.91 Å². The van der Waals surface area contributed by atoms with E-state index in [1.54, 1.807) is 7.11 Å². The Morgan fingerprint density at radius 2 is 1.92 bits per heavy atom. The first-order valence-corrected chi connectivity index (χ1v) is 8.75. The maximum absolute atomic E-state index is 12.1. The van der Waals surface area contributed by atoms with Crippen molar-refractivity contribution in [3.63, 3.8) is 0 Å². The van der Waals surface area contributed by atoms with E-state index in [1.165, 1.54) is 5.56 Å². The Hall–Kier alpha value is -2.08. The van der Waals surface area contributed by atoms with E-state index in [2.05, 4.69) is 5.32 Å². The highest BCUT2D eigenvalue weighted by molar-refractivity contribution is 5.78. The molecule has 0 bridgehead atoms. The smallest absolute Gasteiger partial charge is 0.258 e. The molecule has 1 saturated heterocycles. The number of amides is 2. The normalized spacial score (nSPS) is 15.1. The number of piperidine rings is 1. The molecule has 0 aliphatic carbocycles. The molecule has 2 amide bonds. The maximum atomic E-state index is 12.1. The number of likely N-dealkylation sites (tertiary alicyclic amines) is 1. The second kappa shape index (κ2) is 9.42. The minimum absolute atomic E-state index is 0.00941. The molecular weight excluding hydrogens is 320 g/mol. The van der Waals surface area contributed by atoms with Crippen LogP contribution in [0.2, 0.25) is 0 Å². The number of rotatable bonds is 7. The fraction of sp³-hybridized carbons (Fsp3) is 0.579. The molecule has 25 heavy (non-hydrogen) atoms.